The Morgan fingerprint density at radius 3 is 2.50 bits per heavy atom. The number of hydrogen-bond donors (Lipinski definition) is 1. The van der Waals surface area contributed by atoms with Crippen LogP contribution in [-0.2, 0) is 13.0 Å². The van der Waals surface area contributed by atoms with E-state index < -0.39 is 12.7 Å². The molecule has 0 fully saturated rings. The van der Waals surface area contributed by atoms with Crippen molar-refractivity contribution in [2.75, 3.05) is 0 Å². The molecule has 4 nitrogen and oxygen atoms in total. The zero-order valence-corrected chi connectivity index (χ0v) is 11.0. The van der Waals surface area contributed by atoms with Crippen LogP contribution in [0.15, 0.2) is 0 Å². The van der Waals surface area contributed by atoms with Gasteiger partial charge >= 0.3 is 6.18 Å². The number of nitrogens with zero attached hydrogens (tertiary/aromatic N) is 3. The summed E-state index contributed by atoms with van der Waals surface area (Å²) in [6, 6.07) is 0. The van der Waals surface area contributed by atoms with E-state index in [4.69, 9.17) is 18.0 Å². The van der Waals surface area contributed by atoms with Crippen molar-refractivity contribution in [1.29, 1.82) is 0 Å². The average Bonchev–Trinajstić information content (AvgIpc) is 2.55. The molecule has 0 unspecified atom stereocenters. The quantitative estimate of drug-likeness (QED) is 0.839. The molecule has 1 aromatic heterocycles. The maximum absolute atomic E-state index is 12.4. The van der Waals surface area contributed by atoms with Gasteiger partial charge in [-0.2, -0.15) is 13.2 Å². The summed E-state index contributed by atoms with van der Waals surface area (Å²) in [6.45, 7) is 2.80. The van der Waals surface area contributed by atoms with Gasteiger partial charge in [-0.25, -0.2) is 4.68 Å². The van der Waals surface area contributed by atoms with Crippen LogP contribution >= 0.6 is 12.2 Å². The van der Waals surface area contributed by atoms with Crippen LogP contribution in [0.2, 0.25) is 0 Å². The van der Waals surface area contributed by atoms with Gasteiger partial charge in [-0.1, -0.05) is 31.3 Å². The lowest BCUT2D eigenvalue weighted by atomic mass is 10.1. The molecule has 0 amide bonds. The molecule has 0 aliphatic rings. The van der Waals surface area contributed by atoms with Gasteiger partial charge in [0.25, 0.3) is 0 Å². The highest BCUT2D eigenvalue weighted by Gasteiger charge is 2.30. The summed E-state index contributed by atoms with van der Waals surface area (Å²) in [5.74, 6) is 0.360. The van der Waals surface area contributed by atoms with Gasteiger partial charge in [-0.05, 0) is 18.8 Å². The third kappa shape index (κ3) is 4.25. The van der Waals surface area contributed by atoms with Gasteiger partial charge in [0.05, 0.1) is 5.69 Å². The molecule has 1 heterocycles. The molecule has 0 radical (unpaired) electrons. The Morgan fingerprint density at radius 2 is 2.06 bits per heavy atom. The summed E-state index contributed by atoms with van der Waals surface area (Å²) >= 11 is 4.76. The summed E-state index contributed by atoms with van der Waals surface area (Å²) in [5, 5.41) is 7.10. The summed E-state index contributed by atoms with van der Waals surface area (Å²) in [5.41, 5.74) is 5.98. The van der Waals surface area contributed by atoms with Crippen LogP contribution in [0, 0.1) is 5.92 Å². The van der Waals surface area contributed by atoms with Crippen LogP contribution < -0.4 is 5.73 Å². The van der Waals surface area contributed by atoms with Crippen LogP contribution in [0.4, 0.5) is 13.2 Å². The molecule has 1 rings (SSSR count). The van der Waals surface area contributed by atoms with E-state index in [1.54, 1.807) is 0 Å². The van der Waals surface area contributed by atoms with E-state index in [-0.39, 0.29) is 10.7 Å². The summed E-state index contributed by atoms with van der Waals surface area (Å²) in [4.78, 5) is -0.0258. The molecule has 8 heteroatoms. The molecule has 0 aliphatic carbocycles. The van der Waals surface area contributed by atoms with Gasteiger partial charge in [0.15, 0.2) is 0 Å². The van der Waals surface area contributed by atoms with Crippen LogP contribution in [0.25, 0.3) is 0 Å². The molecule has 18 heavy (non-hydrogen) atoms. The number of alkyl halides is 3. The number of aromatic nitrogens is 3. The van der Waals surface area contributed by atoms with Crippen molar-refractivity contribution < 1.29 is 13.2 Å². The number of thiocarbonyl (C=S) groups is 1. The van der Waals surface area contributed by atoms with E-state index in [1.807, 2.05) is 13.8 Å². The Morgan fingerprint density at radius 1 is 1.44 bits per heavy atom. The largest absolute Gasteiger partial charge is 0.408 e. The zero-order valence-electron chi connectivity index (χ0n) is 10.2. The molecule has 2 N–H and O–H groups in total. The maximum atomic E-state index is 12.4. The van der Waals surface area contributed by atoms with Crippen molar-refractivity contribution >= 4 is 17.2 Å². The highest BCUT2D eigenvalue weighted by atomic mass is 32.1. The summed E-state index contributed by atoms with van der Waals surface area (Å²) < 4.78 is 38.0. The van der Waals surface area contributed by atoms with Crippen LogP contribution in [0.1, 0.15) is 31.7 Å². The molecule has 0 aromatic carbocycles. The number of hydrogen-bond acceptors (Lipinski definition) is 3. The second-order valence-electron chi connectivity index (χ2n) is 4.45. The van der Waals surface area contributed by atoms with Crippen molar-refractivity contribution in [1.82, 2.24) is 15.0 Å². The normalized spacial score (nSPS) is 12.1. The highest BCUT2D eigenvalue weighted by molar-refractivity contribution is 7.80. The zero-order chi connectivity index (χ0) is 13.9. The predicted octanol–water partition coefficient (Wildman–Crippen LogP) is 2.06. The first kappa shape index (κ1) is 14.9. The number of halogens is 3. The Labute approximate surface area is 108 Å². The molecular formula is C10H15F3N4S. The summed E-state index contributed by atoms with van der Waals surface area (Å²) in [6.07, 6.45) is -3.19. The van der Waals surface area contributed by atoms with Crippen LogP contribution in [-0.4, -0.2) is 26.2 Å². The smallest absolute Gasteiger partial charge is 0.388 e. The Hall–Kier alpha value is -1.18. The van der Waals surface area contributed by atoms with Gasteiger partial charge in [0.2, 0.25) is 0 Å². The van der Waals surface area contributed by atoms with Crippen LogP contribution in [0.5, 0.6) is 0 Å². The van der Waals surface area contributed by atoms with E-state index in [0.29, 0.717) is 18.0 Å². The Balaban J connectivity index is 2.99. The van der Waals surface area contributed by atoms with Gasteiger partial charge in [0.1, 0.15) is 17.2 Å². The summed E-state index contributed by atoms with van der Waals surface area (Å²) in [7, 11) is 0. The van der Waals surface area contributed by atoms with Crippen molar-refractivity contribution in [2.24, 2.45) is 11.7 Å². The first-order chi connectivity index (χ1) is 8.20. The monoisotopic (exact) mass is 280 g/mol. The maximum Gasteiger partial charge on any atom is 0.408 e. The lowest BCUT2D eigenvalue weighted by molar-refractivity contribution is -0.143. The second kappa shape index (κ2) is 5.64. The average molecular weight is 280 g/mol. The number of rotatable bonds is 5. The van der Waals surface area contributed by atoms with Crippen molar-refractivity contribution in [3.05, 3.63) is 11.4 Å². The lowest BCUT2D eigenvalue weighted by Crippen LogP contribution is -2.22. The van der Waals surface area contributed by atoms with Crippen LogP contribution in [0.3, 0.4) is 0 Å². The molecule has 0 aliphatic heterocycles. The van der Waals surface area contributed by atoms with Crippen molar-refractivity contribution in [2.45, 2.75) is 39.4 Å². The molecule has 0 bridgehead atoms. The molecule has 102 valence electrons. The third-order valence-electron chi connectivity index (χ3n) is 2.36. The fraction of sp³-hybridized carbons (Fsp3) is 0.700. The molecule has 0 saturated carbocycles. The minimum absolute atomic E-state index is 0.0258. The third-order valence-corrected chi connectivity index (χ3v) is 2.55. The van der Waals surface area contributed by atoms with Crippen molar-refractivity contribution in [3.8, 4) is 0 Å². The molecule has 1 aromatic rings. The van der Waals surface area contributed by atoms with E-state index in [0.717, 1.165) is 11.1 Å². The molecule has 0 saturated heterocycles. The molecule has 0 spiro atoms. The van der Waals surface area contributed by atoms with Gasteiger partial charge in [-0.3, -0.25) is 0 Å². The van der Waals surface area contributed by atoms with E-state index in [1.165, 1.54) is 0 Å². The highest BCUT2D eigenvalue weighted by Crippen LogP contribution is 2.20. The number of nitrogens with two attached hydrogens (primary N) is 1. The van der Waals surface area contributed by atoms with E-state index in [9.17, 15) is 13.2 Å². The molecular weight excluding hydrogens is 265 g/mol. The predicted molar refractivity (Wildman–Crippen MR) is 65.1 cm³/mol. The standard InChI is InChI=1S/C10H15F3N4S/c1-6(2)3-4-7-8(9(14)18)15-16-17(7)5-10(11,12)13/h6H,3-5H2,1-2H3,(H2,14,18). The SMILES string of the molecule is CC(C)CCc1c(C(N)=S)nnn1CC(F)(F)F. The van der Waals surface area contributed by atoms with Gasteiger partial charge in [-0.15, -0.1) is 5.10 Å². The first-order valence-corrected chi connectivity index (χ1v) is 5.90. The van der Waals surface area contributed by atoms with E-state index >= 15 is 0 Å². The fourth-order valence-electron chi connectivity index (χ4n) is 1.49. The topological polar surface area (TPSA) is 56.7 Å². The van der Waals surface area contributed by atoms with E-state index in [2.05, 4.69) is 10.3 Å². The van der Waals surface area contributed by atoms with Crippen molar-refractivity contribution in [3.63, 3.8) is 0 Å². The van der Waals surface area contributed by atoms with Gasteiger partial charge in [0, 0.05) is 0 Å². The fourth-order valence-corrected chi connectivity index (χ4v) is 1.65. The van der Waals surface area contributed by atoms with Gasteiger partial charge < -0.3 is 5.73 Å². The Bertz CT molecular complexity index is 425. The lowest BCUT2D eigenvalue weighted by Gasteiger charge is -2.11. The Kier molecular flexibility index (Phi) is 4.66. The minimum Gasteiger partial charge on any atom is -0.388 e. The first-order valence-electron chi connectivity index (χ1n) is 5.49. The minimum atomic E-state index is -4.34. The molecule has 0 atom stereocenters. The second-order valence-corrected chi connectivity index (χ2v) is 4.89.